The Bertz CT molecular complexity index is 1180. The lowest BCUT2D eigenvalue weighted by Crippen LogP contribution is -2.30. The monoisotopic (exact) mass is 458 g/mol. The number of carbonyl (C=O) groups is 1. The molecule has 0 atom stereocenters. The number of carbonyl (C=O) groups excluding carboxylic acids is 1. The lowest BCUT2D eigenvalue weighted by Gasteiger charge is -2.26. The summed E-state index contributed by atoms with van der Waals surface area (Å²) in [6.45, 7) is 2.72. The molecular weight excluding hydrogens is 442 g/mol. The van der Waals surface area contributed by atoms with Gasteiger partial charge >= 0.3 is 6.18 Å². The lowest BCUT2D eigenvalue weighted by molar-refractivity contribution is -0.137. The van der Waals surface area contributed by atoms with E-state index in [0.717, 1.165) is 16.7 Å². The molecule has 1 amide bonds. The van der Waals surface area contributed by atoms with Crippen molar-refractivity contribution in [1.82, 2.24) is 14.8 Å². The van der Waals surface area contributed by atoms with Crippen molar-refractivity contribution in [2.24, 2.45) is 12.8 Å². The van der Waals surface area contributed by atoms with Gasteiger partial charge in [-0.25, -0.2) is 13.2 Å². The molecule has 0 spiro atoms. The SMILES string of the molecule is Cn1c(-c2ccc(F)cc2C(F)(F)F)nnc1C(C)(C)Oc1c(F)cc(C(N)=O)cc1F. The Balaban J connectivity index is 2.04. The summed E-state index contributed by atoms with van der Waals surface area (Å²) < 4.78 is 88.8. The Morgan fingerprint density at radius 1 is 1.03 bits per heavy atom. The lowest BCUT2D eigenvalue weighted by atomic mass is 10.1. The van der Waals surface area contributed by atoms with Crippen LogP contribution in [-0.2, 0) is 18.8 Å². The van der Waals surface area contributed by atoms with Crippen LogP contribution in [0.3, 0.4) is 0 Å². The van der Waals surface area contributed by atoms with Gasteiger partial charge in [0.15, 0.2) is 34.6 Å². The largest absolute Gasteiger partial charge is 0.474 e. The number of nitrogens with two attached hydrogens (primary N) is 1. The highest BCUT2D eigenvalue weighted by atomic mass is 19.4. The molecule has 3 aromatic rings. The summed E-state index contributed by atoms with van der Waals surface area (Å²) in [6.07, 6.45) is -4.87. The van der Waals surface area contributed by atoms with E-state index in [0.29, 0.717) is 18.2 Å². The molecule has 3 rings (SSSR count). The van der Waals surface area contributed by atoms with Crippen LogP contribution in [0.1, 0.15) is 35.6 Å². The van der Waals surface area contributed by atoms with Gasteiger partial charge in [0.2, 0.25) is 5.91 Å². The van der Waals surface area contributed by atoms with Crippen LogP contribution in [-0.4, -0.2) is 20.7 Å². The molecule has 0 saturated carbocycles. The highest BCUT2D eigenvalue weighted by Gasteiger charge is 2.37. The standard InChI is InChI=1S/C20H16F6N4O2/c1-19(2,32-15-13(22)6-9(16(27)31)7-14(15)23)18-29-28-17(30(18)3)11-5-4-10(21)8-12(11)20(24,25)26/h4-8H,1-3H3,(H2,27,31). The fourth-order valence-corrected chi connectivity index (χ4v) is 3.13. The number of hydrogen-bond donors (Lipinski definition) is 1. The van der Waals surface area contributed by atoms with Crippen LogP contribution in [0, 0.1) is 17.5 Å². The molecule has 1 heterocycles. The van der Waals surface area contributed by atoms with Crippen molar-refractivity contribution in [3.8, 4) is 17.1 Å². The number of amides is 1. The van der Waals surface area contributed by atoms with Gasteiger partial charge in [-0.05, 0) is 44.2 Å². The number of alkyl halides is 3. The molecule has 32 heavy (non-hydrogen) atoms. The fraction of sp³-hybridized carbons (Fsp3) is 0.250. The molecule has 0 aliphatic heterocycles. The van der Waals surface area contributed by atoms with Crippen molar-refractivity contribution in [2.45, 2.75) is 25.6 Å². The molecule has 0 aliphatic rings. The van der Waals surface area contributed by atoms with Crippen molar-refractivity contribution in [1.29, 1.82) is 0 Å². The van der Waals surface area contributed by atoms with Crippen molar-refractivity contribution in [3.05, 3.63) is 64.7 Å². The number of aromatic nitrogens is 3. The van der Waals surface area contributed by atoms with E-state index in [-0.39, 0.29) is 11.6 Å². The van der Waals surface area contributed by atoms with Gasteiger partial charge in [0.05, 0.1) is 5.56 Å². The molecule has 2 N–H and O–H groups in total. The predicted molar refractivity (Wildman–Crippen MR) is 99.9 cm³/mol. The first-order valence-corrected chi connectivity index (χ1v) is 8.97. The zero-order valence-electron chi connectivity index (χ0n) is 16.9. The molecule has 0 aliphatic carbocycles. The highest BCUT2D eigenvalue weighted by molar-refractivity contribution is 5.92. The summed E-state index contributed by atoms with van der Waals surface area (Å²) in [7, 11) is 1.32. The Labute approximate surface area is 177 Å². The van der Waals surface area contributed by atoms with E-state index < -0.39 is 57.6 Å². The highest BCUT2D eigenvalue weighted by Crippen LogP contribution is 2.38. The van der Waals surface area contributed by atoms with E-state index >= 15 is 0 Å². The number of rotatable bonds is 5. The third-order valence-corrected chi connectivity index (χ3v) is 4.58. The molecule has 0 bridgehead atoms. The molecular formula is C20H16F6N4O2. The van der Waals surface area contributed by atoms with E-state index in [2.05, 4.69) is 10.2 Å². The molecule has 12 heteroatoms. The van der Waals surface area contributed by atoms with Gasteiger partial charge in [-0.1, -0.05) is 0 Å². The van der Waals surface area contributed by atoms with E-state index in [1.807, 2.05) is 0 Å². The smallest absolute Gasteiger partial charge is 0.417 e. The Morgan fingerprint density at radius 2 is 1.62 bits per heavy atom. The van der Waals surface area contributed by atoms with Crippen molar-refractivity contribution < 1.29 is 35.9 Å². The maximum absolute atomic E-state index is 14.3. The number of ether oxygens (including phenoxy) is 1. The van der Waals surface area contributed by atoms with Crippen LogP contribution in [0.4, 0.5) is 26.3 Å². The summed E-state index contributed by atoms with van der Waals surface area (Å²) >= 11 is 0. The summed E-state index contributed by atoms with van der Waals surface area (Å²) in [6, 6.07) is 3.45. The first-order chi connectivity index (χ1) is 14.7. The normalized spacial score (nSPS) is 12.2. The van der Waals surface area contributed by atoms with Crippen molar-refractivity contribution in [3.63, 3.8) is 0 Å². The molecule has 2 aromatic carbocycles. The molecule has 1 aromatic heterocycles. The zero-order chi connectivity index (χ0) is 24.0. The first kappa shape index (κ1) is 23.1. The van der Waals surface area contributed by atoms with Crippen LogP contribution in [0.2, 0.25) is 0 Å². The minimum Gasteiger partial charge on any atom is -0.474 e. The van der Waals surface area contributed by atoms with Crippen LogP contribution < -0.4 is 10.5 Å². The average Bonchev–Trinajstić information content (AvgIpc) is 3.06. The second-order valence-corrected chi connectivity index (χ2v) is 7.34. The maximum atomic E-state index is 14.3. The summed E-state index contributed by atoms with van der Waals surface area (Å²) in [5.74, 6) is -5.76. The van der Waals surface area contributed by atoms with Crippen LogP contribution in [0.5, 0.6) is 5.75 Å². The Morgan fingerprint density at radius 3 is 2.16 bits per heavy atom. The number of benzene rings is 2. The zero-order valence-corrected chi connectivity index (χ0v) is 16.9. The Kier molecular flexibility index (Phi) is 5.66. The second-order valence-electron chi connectivity index (χ2n) is 7.34. The van der Waals surface area contributed by atoms with Crippen molar-refractivity contribution >= 4 is 5.91 Å². The van der Waals surface area contributed by atoms with Gasteiger partial charge in [-0.2, -0.15) is 13.2 Å². The average molecular weight is 458 g/mol. The van der Waals surface area contributed by atoms with E-state index in [1.54, 1.807) is 0 Å². The summed E-state index contributed by atoms with van der Waals surface area (Å²) in [5.41, 5.74) is 1.30. The number of nitrogens with zero attached hydrogens (tertiary/aromatic N) is 3. The number of halogens is 6. The molecule has 0 fully saturated rings. The first-order valence-electron chi connectivity index (χ1n) is 8.97. The van der Waals surface area contributed by atoms with Crippen molar-refractivity contribution in [2.75, 3.05) is 0 Å². The van der Waals surface area contributed by atoms with Gasteiger partial charge < -0.3 is 15.0 Å². The number of primary amides is 1. The summed E-state index contributed by atoms with van der Waals surface area (Å²) in [4.78, 5) is 11.1. The molecule has 0 saturated heterocycles. The van der Waals surface area contributed by atoms with Crippen LogP contribution >= 0.6 is 0 Å². The van der Waals surface area contributed by atoms with E-state index in [4.69, 9.17) is 10.5 Å². The molecule has 0 radical (unpaired) electrons. The van der Waals surface area contributed by atoms with Gasteiger partial charge in [-0.3, -0.25) is 4.79 Å². The third kappa shape index (κ3) is 4.25. The van der Waals surface area contributed by atoms with E-state index in [1.165, 1.54) is 20.9 Å². The maximum Gasteiger partial charge on any atom is 0.417 e. The van der Waals surface area contributed by atoms with Crippen LogP contribution in [0.15, 0.2) is 30.3 Å². The predicted octanol–water partition coefficient (Wildman–Crippen LogP) is 4.33. The quantitative estimate of drug-likeness (QED) is 0.577. The molecule has 6 nitrogen and oxygen atoms in total. The third-order valence-electron chi connectivity index (χ3n) is 4.58. The minimum atomic E-state index is -4.87. The van der Waals surface area contributed by atoms with Gasteiger partial charge in [0.1, 0.15) is 5.82 Å². The second kappa shape index (κ2) is 7.84. The number of hydrogen-bond acceptors (Lipinski definition) is 4. The summed E-state index contributed by atoms with van der Waals surface area (Å²) in [5, 5.41) is 7.56. The molecule has 0 unspecified atom stereocenters. The van der Waals surface area contributed by atoms with Gasteiger partial charge in [0, 0.05) is 18.2 Å². The Hall–Kier alpha value is -3.57. The topological polar surface area (TPSA) is 83.0 Å². The fourth-order valence-electron chi connectivity index (χ4n) is 3.13. The van der Waals surface area contributed by atoms with E-state index in [9.17, 15) is 31.1 Å². The molecule has 170 valence electrons. The van der Waals surface area contributed by atoms with Gasteiger partial charge in [-0.15, -0.1) is 10.2 Å². The van der Waals surface area contributed by atoms with Gasteiger partial charge in [0.25, 0.3) is 0 Å². The minimum absolute atomic E-state index is 0.0808. The van der Waals surface area contributed by atoms with Crippen LogP contribution in [0.25, 0.3) is 11.4 Å².